The normalized spacial score (nSPS) is 12.0. The number of nitrogens with zero attached hydrogens (tertiary/aromatic N) is 2. The van der Waals surface area contributed by atoms with Crippen LogP contribution >= 0.6 is 0 Å². The van der Waals surface area contributed by atoms with Crippen LogP contribution in [-0.2, 0) is 11.2 Å². The van der Waals surface area contributed by atoms with Crippen molar-refractivity contribution in [1.82, 2.24) is 15.3 Å². The van der Waals surface area contributed by atoms with Gasteiger partial charge in [0, 0.05) is 19.0 Å². The van der Waals surface area contributed by atoms with Gasteiger partial charge < -0.3 is 16.4 Å². The van der Waals surface area contributed by atoms with Gasteiger partial charge in [-0.15, -0.1) is 0 Å². The average molecular weight is 237 g/mol. The van der Waals surface area contributed by atoms with Crippen molar-refractivity contribution in [3.8, 4) is 0 Å². The number of hydrogen-bond donors (Lipinski definition) is 3. The van der Waals surface area contributed by atoms with Gasteiger partial charge in [-0.3, -0.25) is 4.79 Å². The number of aromatic nitrogens is 2. The molecule has 1 aromatic heterocycles. The van der Waals surface area contributed by atoms with E-state index in [2.05, 4.69) is 20.6 Å². The SMILES string of the molecule is CCc1nc(N)c(C)c(NC(C)C(=O)NC)n1. The highest BCUT2D eigenvalue weighted by atomic mass is 16.2. The van der Waals surface area contributed by atoms with Gasteiger partial charge in [0.15, 0.2) is 0 Å². The van der Waals surface area contributed by atoms with Gasteiger partial charge in [-0.25, -0.2) is 9.97 Å². The van der Waals surface area contributed by atoms with Crippen LogP contribution in [0.25, 0.3) is 0 Å². The topological polar surface area (TPSA) is 92.9 Å². The first-order valence-corrected chi connectivity index (χ1v) is 5.60. The van der Waals surface area contributed by atoms with Gasteiger partial charge >= 0.3 is 0 Å². The maximum atomic E-state index is 11.4. The zero-order valence-corrected chi connectivity index (χ0v) is 10.7. The summed E-state index contributed by atoms with van der Waals surface area (Å²) >= 11 is 0. The van der Waals surface area contributed by atoms with E-state index in [9.17, 15) is 4.79 Å². The maximum absolute atomic E-state index is 11.4. The molecule has 1 heterocycles. The van der Waals surface area contributed by atoms with E-state index >= 15 is 0 Å². The van der Waals surface area contributed by atoms with Crippen molar-refractivity contribution in [3.05, 3.63) is 11.4 Å². The molecule has 6 heteroatoms. The lowest BCUT2D eigenvalue weighted by Crippen LogP contribution is -2.35. The van der Waals surface area contributed by atoms with Crippen molar-refractivity contribution in [1.29, 1.82) is 0 Å². The highest BCUT2D eigenvalue weighted by molar-refractivity contribution is 5.83. The minimum absolute atomic E-state index is 0.0976. The molecule has 0 aliphatic carbocycles. The van der Waals surface area contributed by atoms with E-state index in [1.807, 2.05) is 13.8 Å². The minimum atomic E-state index is -0.363. The van der Waals surface area contributed by atoms with Gasteiger partial charge in [-0.2, -0.15) is 0 Å². The number of aryl methyl sites for hydroxylation is 1. The predicted octanol–water partition coefficient (Wildman–Crippen LogP) is 0.476. The molecule has 0 radical (unpaired) electrons. The Morgan fingerprint density at radius 2 is 2.12 bits per heavy atom. The summed E-state index contributed by atoms with van der Waals surface area (Å²) in [5, 5.41) is 5.60. The number of carbonyl (C=O) groups is 1. The van der Waals surface area contributed by atoms with Crippen molar-refractivity contribution in [2.45, 2.75) is 33.2 Å². The van der Waals surface area contributed by atoms with Crippen LogP contribution in [0.1, 0.15) is 25.2 Å². The fourth-order valence-electron chi connectivity index (χ4n) is 1.37. The Morgan fingerprint density at radius 1 is 1.47 bits per heavy atom. The zero-order chi connectivity index (χ0) is 13.0. The van der Waals surface area contributed by atoms with Crippen molar-refractivity contribution < 1.29 is 4.79 Å². The Hall–Kier alpha value is -1.85. The zero-order valence-electron chi connectivity index (χ0n) is 10.7. The third-order valence-corrected chi connectivity index (χ3v) is 2.54. The van der Waals surface area contributed by atoms with Crippen LogP contribution in [0.15, 0.2) is 0 Å². The fraction of sp³-hybridized carbons (Fsp3) is 0.545. The number of hydrogen-bond acceptors (Lipinski definition) is 5. The standard InChI is InChI=1S/C11H19N5O/c1-5-8-15-9(12)6(2)10(16-8)14-7(3)11(17)13-4/h7H,5H2,1-4H3,(H,13,17)(H3,12,14,15,16). The van der Waals surface area contributed by atoms with Crippen LogP contribution in [0.3, 0.4) is 0 Å². The van der Waals surface area contributed by atoms with E-state index in [1.54, 1.807) is 14.0 Å². The lowest BCUT2D eigenvalue weighted by Gasteiger charge is -2.16. The van der Waals surface area contributed by atoms with Crippen LogP contribution in [0.5, 0.6) is 0 Å². The molecule has 17 heavy (non-hydrogen) atoms. The largest absolute Gasteiger partial charge is 0.383 e. The van der Waals surface area contributed by atoms with Crippen molar-refractivity contribution >= 4 is 17.5 Å². The van der Waals surface area contributed by atoms with Crippen LogP contribution in [0.2, 0.25) is 0 Å². The Balaban J connectivity index is 2.97. The number of anilines is 2. The van der Waals surface area contributed by atoms with E-state index in [1.165, 1.54) is 0 Å². The average Bonchev–Trinajstić information content (AvgIpc) is 2.33. The minimum Gasteiger partial charge on any atom is -0.383 e. The molecular formula is C11H19N5O. The lowest BCUT2D eigenvalue weighted by atomic mass is 10.2. The van der Waals surface area contributed by atoms with E-state index in [0.29, 0.717) is 23.9 Å². The second-order valence-electron chi connectivity index (χ2n) is 3.83. The fourth-order valence-corrected chi connectivity index (χ4v) is 1.37. The summed E-state index contributed by atoms with van der Waals surface area (Å²) in [5.41, 5.74) is 6.55. The summed E-state index contributed by atoms with van der Waals surface area (Å²) in [7, 11) is 1.60. The quantitative estimate of drug-likeness (QED) is 0.708. The van der Waals surface area contributed by atoms with Crippen molar-refractivity contribution in [2.75, 3.05) is 18.1 Å². The monoisotopic (exact) mass is 237 g/mol. The first-order valence-electron chi connectivity index (χ1n) is 5.60. The predicted molar refractivity (Wildman–Crippen MR) is 67.7 cm³/mol. The molecule has 1 rings (SSSR count). The van der Waals surface area contributed by atoms with E-state index in [-0.39, 0.29) is 11.9 Å². The summed E-state index contributed by atoms with van der Waals surface area (Å²) in [6.07, 6.45) is 0.702. The molecule has 0 saturated carbocycles. The Bertz CT molecular complexity index is 419. The van der Waals surface area contributed by atoms with E-state index < -0.39 is 0 Å². The van der Waals surface area contributed by atoms with Crippen LogP contribution < -0.4 is 16.4 Å². The van der Waals surface area contributed by atoms with Gasteiger partial charge in [0.2, 0.25) is 5.91 Å². The summed E-state index contributed by atoms with van der Waals surface area (Å²) < 4.78 is 0. The Kier molecular flexibility index (Phi) is 4.25. The first-order chi connectivity index (χ1) is 7.99. The van der Waals surface area contributed by atoms with Gasteiger partial charge in [0.1, 0.15) is 23.5 Å². The number of likely N-dealkylation sites (N-methyl/N-ethyl adjacent to an activating group) is 1. The highest BCUT2D eigenvalue weighted by Crippen LogP contribution is 2.18. The second-order valence-corrected chi connectivity index (χ2v) is 3.83. The lowest BCUT2D eigenvalue weighted by molar-refractivity contribution is -0.121. The molecule has 1 atom stereocenters. The van der Waals surface area contributed by atoms with Crippen LogP contribution in [0.4, 0.5) is 11.6 Å². The molecule has 0 spiro atoms. The van der Waals surface area contributed by atoms with Crippen LogP contribution in [-0.4, -0.2) is 29.0 Å². The Labute approximate surface area is 101 Å². The first kappa shape index (κ1) is 13.2. The van der Waals surface area contributed by atoms with Crippen molar-refractivity contribution in [2.24, 2.45) is 0 Å². The number of amides is 1. The molecule has 0 saturated heterocycles. The van der Waals surface area contributed by atoms with E-state index in [0.717, 1.165) is 5.56 Å². The van der Waals surface area contributed by atoms with Crippen molar-refractivity contribution in [3.63, 3.8) is 0 Å². The van der Waals surface area contributed by atoms with Gasteiger partial charge in [-0.05, 0) is 13.8 Å². The molecule has 0 bridgehead atoms. The number of carbonyl (C=O) groups excluding carboxylic acids is 1. The molecule has 1 aromatic rings. The molecule has 0 fully saturated rings. The molecule has 6 nitrogen and oxygen atoms in total. The maximum Gasteiger partial charge on any atom is 0.241 e. The molecule has 0 aliphatic heterocycles. The number of nitrogens with two attached hydrogens (primary N) is 1. The van der Waals surface area contributed by atoms with E-state index in [4.69, 9.17) is 5.73 Å². The number of rotatable bonds is 4. The highest BCUT2D eigenvalue weighted by Gasteiger charge is 2.14. The third kappa shape index (κ3) is 3.05. The Morgan fingerprint density at radius 3 is 2.65 bits per heavy atom. The van der Waals surface area contributed by atoms with Gasteiger partial charge in [0.05, 0.1) is 0 Å². The van der Waals surface area contributed by atoms with Crippen LogP contribution in [0, 0.1) is 6.92 Å². The molecule has 1 amide bonds. The summed E-state index contributed by atoms with van der Waals surface area (Å²) in [5.74, 6) is 1.63. The number of nitrogens with one attached hydrogen (secondary N) is 2. The molecule has 4 N–H and O–H groups in total. The second kappa shape index (κ2) is 5.47. The summed E-state index contributed by atoms with van der Waals surface area (Å²) in [6.45, 7) is 5.55. The molecule has 0 aliphatic rings. The van der Waals surface area contributed by atoms with Gasteiger partial charge in [-0.1, -0.05) is 6.92 Å². The summed E-state index contributed by atoms with van der Waals surface area (Å²) in [6, 6.07) is -0.363. The summed E-state index contributed by atoms with van der Waals surface area (Å²) in [4.78, 5) is 19.9. The molecule has 94 valence electrons. The molecule has 1 unspecified atom stereocenters. The smallest absolute Gasteiger partial charge is 0.241 e. The third-order valence-electron chi connectivity index (χ3n) is 2.54. The number of nitrogen functional groups attached to an aromatic ring is 1. The van der Waals surface area contributed by atoms with Gasteiger partial charge in [0.25, 0.3) is 0 Å². The molecule has 0 aromatic carbocycles. The molecular weight excluding hydrogens is 218 g/mol.